The molecule has 11 nitrogen and oxygen atoms in total. The number of nitrogens with zero attached hydrogens (tertiary/aromatic N) is 1. The number of alkyl halides is 3. The summed E-state index contributed by atoms with van der Waals surface area (Å²) in [5, 5.41) is 15.7. The van der Waals surface area contributed by atoms with Crippen LogP contribution in [0.15, 0.2) is 54.6 Å². The lowest BCUT2D eigenvalue weighted by molar-refractivity contribution is -0.192. The number of hydrogen-bond donors (Lipinski definition) is 4. The normalized spacial score (nSPS) is 16.7. The first-order chi connectivity index (χ1) is 20.0. The molecule has 1 atom stereocenters. The second-order valence-corrected chi connectivity index (χ2v) is 10.7. The van der Waals surface area contributed by atoms with E-state index in [0.29, 0.717) is 12.4 Å². The first-order valence-electron chi connectivity index (χ1n) is 12.9. The fraction of sp³-hybridized carbons (Fsp3) is 0.345. The van der Waals surface area contributed by atoms with Crippen LogP contribution in [0, 0.1) is 6.92 Å². The third-order valence-electron chi connectivity index (χ3n) is 5.95. The molecule has 43 heavy (non-hydrogen) atoms. The maximum atomic E-state index is 12.8. The maximum absolute atomic E-state index is 12.8. The molecule has 0 saturated carbocycles. The van der Waals surface area contributed by atoms with Crippen LogP contribution in [0.4, 0.5) is 22.8 Å². The summed E-state index contributed by atoms with van der Waals surface area (Å²) in [5.74, 6) is -2.70. The van der Waals surface area contributed by atoms with Gasteiger partial charge in [-0.3, -0.25) is 15.1 Å². The number of hydrogen-bond acceptors (Lipinski definition) is 7. The average molecular weight is 605 g/mol. The Morgan fingerprint density at radius 1 is 1.07 bits per heavy atom. The lowest BCUT2D eigenvalue weighted by Crippen LogP contribution is -2.71. The van der Waals surface area contributed by atoms with Crippen molar-refractivity contribution in [1.82, 2.24) is 20.9 Å². The molecule has 1 aliphatic heterocycles. The van der Waals surface area contributed by atoms with Gasteiger partial charge in [0, 0.05) is 23.1 Å². The van der Waals surface area contributed by atoms with Crippen molar-refractivity contribution in [3.8, 4) is 5.75 Å². The molecule has 0 aliphatic carbocycles. The lowest BCUT2D eigenvalue weighted by Gasteiger charge is -2.37. The summed E-state index contributed by atoms with van der Waals surface area (Å²) in [6.45, 7) is 7.46. The highest BCUT2D eigenvalue weighted by atomic mass is 19.4. The van der Waals surface area contributed by atoms with Gasteiger partial charge in [0.2, 0.25) is 0 Å². The van der Waals surface area contributed by atoms with Crippen molar-refractivity contribution in [1.29, 1.82) is 0 Å². The van der Waals surface area contributed by atoms with Crippen LogP contribution in [-0.4, -0.2) is 58.0 Å². The number of aryl methyl sites for hydroxylation is 1. The Morgan fingerprint density at radius 3 is 2.28 bits per heavy atom. The van der Waals surface area contributed by atoms with Gasteiger partial charge >= 0.3 is 24.3 Å². The second-order valence-electron chi connectivity index (χ2n) is 10.7. The van der Waals surface area contributed by atoms with E-state index in [1.54, 1.807) is 20.8 Å². The molecule has 2 heterocycles. The Kier molecular flexibility index (Phi) is 9.84. The Labute approximate surface area is 244 Å². The van der Waals surface area contributed by atoms with E-state index in [9.17, 15) is 27.6 Å². The number of alkyl carbamates (subject to hydrolysis) is 1. The van der Waals surface area contributed by atoms with Crippen LogP contribution >= 0.6 is 0 Å². The van der Waals surface area contributed by atoms with Gasteiger partial charge in [0.15, 0.2) is 0 Å². The van der Waals surface area contributed by atoms with E-state index in [1.165, 1.54) is 0 Å². The number of imide groups is 1. The SMILES string of the molecule is Cc1cc(COc2ccc(CC3(NC(=O)OC(C)(C)C)CNC(=O)NC3=O)cc2)c2ccccc2n1.O=C(O)C(F)(F)F. The molecule has 0 radical (unpaired) electrons. The summed E-state index contributed by atoms with van der Waals surface area (Å²) in [5.41, 5.74) is 1.52. The molecule has 4 rings (SSSR count). The standard InChI is InChI=1S/C27H30N4O5.C2HF3O2/c1-17-13-19(21-7-5-6-8-22(21)29-17)15-35-20-11-9-18(10-12-20)14-27(16-28-24(33)30-23(27)32)31-25(34)36-26(2,3)4;3-2(4,5)1(6)7/h5-13H,14-16H2,1-4H3,(H,31,34)(H2,28,30,32,33);(H,6,7). The number of fused-ring (bicyclic) bond motifs is 1. The predicted octanol–water partition coefficient (Wildman–Crippen LogP) is 4.40. The van der Waals surface area contributed by atoms with E-state index in [1.807, 2.05) is 61.5 Å². The summed E-state index contributed by atoms with van der Waals surface area (Å²) in [6, 6.07) is 16.6. The number of carboxylic acids is 1. The zero-order chi connectivity index (χ0) is 32.0. The van der Waals surface area contributed by atoms with Gasteiger partial charge in [-0.15, -0.1) is 0 Å². The number of rotatable bonds is 6. The van der Waals surface area contributed by atoms with E-state index in [-0.39, 0.29) is 13.0 Å². The zero-order valence-corrected chi connectivity index (χ0v) is 23.8. The van der Waals surface area contributed by atoms with Gasteiger partial charge in [-0.25, -0.2) is 14.4 Å². The van der Waals surface area contributed by atoms with Gasteiger partial charge in [0.25, 0.3) is 5.91 Å². The van der Waals surface area contributed by atoms with Crippen molar-refractivity contribution in [3.63, 3.8) is 0 Å². The Bertz CT molecular complexity index is 1500. The van der Waals surface area contributed by atoms with Crippen molar-refractivity contribution < 1.29 is 46.9 Å². The van der Waals surface area contributed by atoms with Crippen LogP contribution in [-0.2, 0) is 27.4 Å². The number of para-hydroxylation sites is 1. The van der Waals surface area contributed by atoms with Gasteiger partial charge in [-0.1, -0.05) is 30.3 Å². The van der Waals surface area contributed by atoms with Gasteiger partial charge in [-0.2, -0.15) is 13.2 Å². The molecular formula is C29H31F3N4O7. The second kappa shape index (κ2) is 13.0. The number of amides is 4. The number of carboxylic acid groups (broad SMARTS) is 1. The monoisotopic (exact) mass is 604 g/mol. The first-order valence-corrected chi connectivity index (χ1v) is 12.9. The van der Waals surface area contributed by atoms with Crippen molar-refractivity contribution in [2.45, 2.75) is 58.0 Å². The molecular weight excluding hydrogens is 573 g/mol. The van der Waals surface area contributed by atoms with E-state index in [2.05, 4.69) is 20.9 Å². The van der Waals surface area contributed by atoms with Gasteiger partial charge < -0.3 is 25.2 Å². The molecule has 3 aromatic rings. The highest BCUT2D eigenvalue weighted by molar-refractivity contribution is 6.03. The molecule has 0 bridgehead atoms. The smallest absolute Gasteiger partial charge is 0.489 e. The molecule has 1 fully saturated rings. The highest BCUT2D eigenvalue weighted by Gasteiger charge is 2.45. The topological polar surface area (TPSA) is 156 Å². The molecule has 4 amide bonds. The van der Waals surface area contributed by atoms with E-state index in [4.69, 9.17) is 19.4 Å². The number of pyridine rings is 1. The molecule has 2 aromatic carbocycles. The number of carbonyl (C=O) groups excluding carboxylic acids is 3. The van der Waals surface area contributed by atoms with Crippen LogP contribution in [0.5, 0.6) is 5.75 Å². The van der Waals surface area contributed by atoms with Crippen LogP contribution < -0.4 is 20.7 Å². The van der Waals surface area contributed by atoms with Crippen LogP contribution in [0.25, 0.3) is 10.9 Å². The first kappa shape index (κ1) is 32.6. The average Bonchev–Trinajstić information content (AvgIpc) is 2.89. The number of aromatic nitrogens is 1. The van der Waals surface area contributed by atoms with Crippen molar-refractivity contribution in [2.24, 2.45) is 0 Å². The van der Waals surface area contributed by atoms with Crippen molar-refractivity contribution >= 4 is 34.9 Å². The highest BCUT2D eigenvalue weighted by Crippen LogP contribution is 2.23. The Balaban J connectivity index is 0.000000646. The van der Waals surface area contributed by atoms with E-state index in [0.717, 1.165) is 27.7 Å². The maximum Gasteiger partial charge on any atom is 0.490 e. The third kappa shape index (κ3) is 9.31. The number of ether oxygens (including phenoxy) is 2. The Morgan fingerprint density at radius 2 is 1.70 bits per heavy atom. The van der Waals surface area contributed by atoms with Gasteiger partial charge in [0.05, 0.1) is 12.1 Å². The quantitative estimate of drug-likeness (QED) is 0.323. The number of benzene rings is 2. The van der Waals surface area contributed by atoms with Crippen molar-refractivity contribution in [3.05, 3.63) is 71.4 Å². The van der Waals surface area contributed by atoms with Crippen LogP contribution in [0.1, 0.15) is 37.6 Å². The fourth-order valence-electron chi connectivity index (χ4n) is 4.09. The summed E-state index contributed by atoms with van der Waals surface area (Å²) in [4.78, 5) is 50.4. The minimum absolute atomic E-state index is 0.0658. The zero-order valence-electron chi connectivity index (χ0n) is 23.8. The number of aliphatic carboxylic acids is 1. The largest absolute Gasteiger partial charge is 0.490 e. The van der Waals surface area contributed by atoms with Crippen molar-refractivity contribution in [2.75, 3.05) is 6.54 Å². The number of carbonyl (C=O) groups is 4. The molecule has 1 aliphatic rings. The van der Waals surface area contributed by atoms with E-state index >= 15 is 0 Å². The summed E-state index contributed by atoms with van der Waals surface area (Å²) in [7, 11) is 0. The molecule has 0 spiro atoms. The minimum atomic E-state index is -5.08. The van der Waals surface area contributed by atoms with Gasteiger partial charge in [-0.05, 0) is 57.5 Å². The third-order valence-corrected chi connectivity index (χ3v) is 5.95. The predicted molar refractivity (Wildman–Crippen MR) is 148 cm³/mol. The molecule has 1 saturated heterocycles. The number of nitrogens with one attached hydrogen (secondary N) is 3. The number of halogens is 3. The van der Waals surface area contributed by atoms with E-state index < -0.39 is 41.3 Å². The molecule has 4 N–H and O–H groups in total. The fourth-order valence-corrected chi connectivity index (χ4v) is 4.09. The minimum Gasteiger partial charge on any atom is -0.489 e. The molecule has 14 heteroatoms. The van der Waals surface area contributed by atoms with Crippen LogP contribution in [0.2, 0.25) is 0 Å². The Hall–Kier alpha value is -4.88. The summed E-state index contributed by atoms with van der Waals surface area (Å²) >= 11 is 0. The molecule has 1 unspecified atom stereocenters. The molecule has 230 valence electrons. The molecule has 1 aromatic heterocycles. The van der Waals surface area contributed by atoms with Crippen LogP contribution in [0.3, 0.4) is 0 Å². The number of urea groups is 1. The summed E-state index contributed by atoms with van der Waals surface area (Å²) < 4.78 is 43.1. The summed E-state index contributed by atoms with van der Waals surface area (Å²) in [6.07, 6.45) is -5.68. The lowest BCUT2D eigenvalue weighted by atomic mass is 9.88. The van der Waals surface area contributed by atoms with Gasteiger partial charge in [0.1, 0.15) is 23.5 Å².